The number of benzene rings is 2. The summed E-state index contributed by atoms with van der Waals surface area (Å²) in [7, 11) is 1.60. The largest absolute Gasteiger partial charge is 0.497 e. The zero-order valence-corrected chi connectivity index (χ0v) is 20.0. The van der Waals surface area contributed by atoms with Crippen molar-refractivity contribution in [2.75, 3.05) is 25.6 Å². The third kappa shape index (κ3) is 6.66. The number of rotatable bonds is 9. The fraction of sp³-hybridized carbons (Fsp3) is 0.250. The summed E-state index contributed by atoms with van der Waals surface area (Å²) < 4.78 is 10.6. The molecule has 172 valence electrons. The predicted molar refractivity (Wildman–Crippen MR) is 133 cm³/mol. The molecule has 0 atom stereocenters. The minimum absolute atomic E-state index is 0.157. The smallest absolute Gasteiger partial charge is 0.338 e. The van der Waals surface area contributed by atoms with E-state index in [2.05, 4.69) is 5.32 Å². The third-order valence-corrected chi connectivity index (χ3v) is 6.13. The van der Waals surface area contributed by atoms with E-state index in [0.29, 0.717) is 40.0 Å². The number of nitrogens with zero attached hydrogens (tertiary/aromatic N) is 1. The van der Waals surface area contributed by atoms with E-state index >= 15 is 0 Å². The van der Waals surface area contributed by atoms with Crippen LogP contribution in [0.25, 0.3) is 6.08 Å². The summed E-state index contributed by atoms with van der Waals surface area (Å²) >= 11 is 6.61. The summed E-state index contributed by atoms with van der Waals surface area (Å²) in [5.74, 6) is 0.00158. The molecule has 0 saturated carbocycles. The molecule has 9 heteroatoms. The van der Waals surface area contributed by atoms with Crippen LogP contribution in [-0.4, -0.2) is 47.3 Å². The van der Waals surface area contributed by atoms with Crippen molar-refractivity contribution in [3.05, 3.63) is 64.6 Å². The van der Waals surface area contributed by atoms with Gasteiger partial charge < -0.3 is 14.8 Å². The van der Waals surface area contributed by atoms with Crippen LogP contribution in [0.2, 0.25) is 0 Å². The van der Waals surface area contributed by atoms with E-state index in [1.54, 1.807) is 44.4 Å². The molecular formula is C24H24N2O5S2. The van der Waals surface area contributed by atoms with Gasteiger partial charge in [0.2, 0.25) is 5.91 Å². The summed E-state index contributed by atoms with van der Waals surface area (Å²) in [6, 6.07) is 13.9. The molecule has 1 N–H and O–H groups in total. The number of ether oxygens (including phenoxy) is 2. The number of anilines is 1. The SMILES string of the molecule is CCOC(=O)c1ccc(NC(=O)CCCN2C(=O)/C(=C/c3ccc(OC)cc3)SC2=S)cc1. The molecule has 1 heterocycles. The van der Waals surface area contributed by atoms with Gasteiger partial charge in [0.05, 0.1) is 24.2 Å². The van der Waals surface area contributed by atoms with Crippen LogP contribution in [-0.2, 0) is 14.3 Å². The Bertz CT molecular complexity index is 1070. The molecule has 7 nitrogen and oxygen atoms in total. The van der Waals surface area contributed by atoms with Gasteiger partial charge in [0, 0.05) is 18.7 Å². The Morgan fingerprint density at radius 2 is 1.82 bits per heavy atom. The lowest BCUT2D eigenvalue weighted by Crippen LogP contribution is -2.29. The number of thioether (sulfide) groups is 1. The van der Waals surface area contributed by atoms with Gasteiger partial charge in [-0.1, -0.05) is 36.1 Å². The summed E-state index contributed by atoms with van der Waals surface area (Å²) in [6.45, 7) is 2.41. The van der Waals surface area contributed by atoms with Crippen molar-refractivity contribution in [2.24, 2.45) is 0 Å². The predicted octanol–water partition coefficient (Wildman–Crippen LogP) is 4.49. The lowest BCUT2D eigenvalue weighted by Gasteiger charge is -2.14. The van der Waals surface area contributed by atoms with Gasteiger partial charge in [-0.05, 0) is 61.4 Å². The van der Waals surface area contributed by atoms with Crippen LogP contribution in [0.4, 0.5) is 5.69 Å². The minimum Gasteiger partial charge on any atom is -0.497 e. The lowest BCUT2D eigenvalue weighted by molar-refractivity contribution is -0.122. The number of methoxy groups -OCH3 is 1. The number of hydrogen-bond acceptors (Lipinski definition) is 7. The van der Waals surface area contributed by atoms with Gasteiger partial charge in [0.15, 0.2) is 0 Å². The fourth-order valence-electron chi connectivity index (χ4n) is 3.07. The maximum Gasteiger partial charge on any atom is 0.338 e. The van der Waals surface area contributed by atoms with Crippen molar-refractivity contribution < 1.29 is 23.9 Å². The van der Waals surface area contributed by atoms with Crippen LogP contribution in [0.3, 0.4) is 0 Å². The summed E-state index contributed by atoms with van der Waals surface area (Å²) in [5.41, 5.74) is 1.89. The van der Waals surface area contributed by atoms with E-state index in [1.165, 1.54) is 16.7 Å². The molecule has 1 fully saturated rings. The molecule has 0 aromatic heterocycles. The molecule has 3 rings (SSSR count). The molecule has 0 radical (unpaired) electrons. The lowest BCUT2D eigenvalue weighted by atomic mass is 10.2. The Hall–Kier alpha value is -3.17. The van der Waals surface area contributed by atoms with E-state index in [4.69, 9.17) is 21.7 Å². The molecule has 2 aromatic rings. The first-order chi connectivity index (χ1) is 15.9. The highest BCUT2D eigenvalue weighted by Gasteiger charge is 2.31. The second-order valence-electron chi connectivity index (χ2n) is 7.06. The first-order valence-corrected chi connectivity index (χ1v) is 11.6. The Morgan fingerprint density at radius 3 is 2.45 bits per heavy atom. The molecule has 2 amide bonds. The van der Waals surface area contributed by atoms with Crippen LogP contribution in [0, 0.1) is 0 Å². The second-order valence-corrected chi connectivity index (χ2v) is 8.73. The molecule has 1 aliphatic rings. The number of hydrogen-bond donors (Lipinski definition) is 1. The Kier molecular flexibility index (Phi) is 8.62. The van der Waals surface area contributed by atoms with Crippen molar-refractivity contribution in [3.63, 3.8) is 0 Å². The monoisotopic (exact) mass is 484 g/mol. The van der Waals surface area contributed by atoms with Crippen molar-refractivity contribution in [2.45, 2.75) is 19.8 Å². The highest BCUT2D eigenvalue weighted by Crippen LogP contribution is 2.33. The molecule has 2 aromatic carbocycles. The summed E-state index contributed by atoms with van der Waals surface area (Å²) in [6.07, 6.45) is 2.49. The highest BCUT2D eigenvalue weighted by molar-refractivity contribution is 8.26. The van der Waals surface area contributed by atoms with Gasteiger partial charge in [-0.25, -0.2) is 4.79 Å². The Labute approximate surface area is 202 Å². The van der Waals surface area contributed by atoms with E-state index < -0.39 is 5.97 Å². The first kappa shape index (κ1) is 24.5. The van der Waals surface area contributed by atoms with Gasteiger partial charge in [0.1, 0.15) is 10.1 Å². The maximum absolute atomic E-state index is 12.7. The van der Waals surface area contributed by atoms with Crippen molar-refractivity contribution in [1.29, 1.82) is 0 Å². The summed E-state index contributed by atoms with van der Waals surface area (Å²) in [4.78, 5) is 38.8. The van der Waals surface area contributed by atoms with Crippen LogP contribution in [0.1, 0.15) is 35.7 Å². The second kappa shape index (κ2) is 11.6. The quantitative estimate of drug-likeness (QED) is 0.319. The highest BCUT2D eigenvalue weighted by atomic mass is 32.2. The third-order valence-electron chi connectivity index (χ3n) is 4.75. The number of nitrogens with one attached hydrogen (secondary N) is 1. The normalized spacial score (nSPS) is 14.5. The van der Waals surface area contributed by atoms with Crippen molar-refractivity contribution >= 4 is 57.8 Å². The van der Waals surface area contributed by atoms with Crippen LogP contribution >= 0.6 is 24.0 Å². The average molecular weight is 485 g/mol. The molecule has 0 spiro atoms. The van der Waals surface area contributed by atoms with Crippen LogP contribution < -0.4 is 10.1 Å². The number of amides is 2. The van der Waals surface area contributed by atoms with E-state index in [1.807, 2.05) is 24.3 Å². The topological polar surface area (TPSA) is 84.9 Å². The van der Waals surface area contributed by atoms with E-state index in [-0.39, 0.29) is 18.2 Å². The molecule has 0 aliphatic carbocycles. The molecular weight excluding hydrogens is 460 g/mol. The molecule has 33 heavy (non-hydrogen) atoms. The van der Waals surface area contributed by atoms with Crippen molar-refractivity contribution in [1.82, 2.24) is 4.90 Å². The van der Waals surface area contributed by atoms with Gasteiger partial charge in [0.25, 0.3) is 5.91 Å². The van der Waals surface area contributed by atoms with Gasteiger partial charge in [-0.15, -0.1) is 0 Å². The van der Waals surface area contributed by atoms with Gasteiger partial charge in [-0.3, -0.25) is 14.5 Å². The maximum atomic E-state index is 12.7. The zero-order valence-electron chi connectivity index (χ0n) is 18.3. The minimum atomic E-state index is -0.403. The average Bonchev–Trinajstić information content (AvgIpc) is 3.07. The van der Waals surface area contributed by atoms with Gasteiger partial charge in [-0.2, -0.15) is 0 Å². The molecule has 1 aliphatic heterocycles. The van der Waals surface area contributed by atoms with Crippen molar-refractivity contribution in [3.8, 4) is 5.75 Å². The van der Waals surface area contributed by atoms with E-state index in [0.717, 1.165) is 11.3 Å². The molecule has 1 saturated heterocycles. The number of esters is 1. The molecule has 0 unspecified atom stereocenters. The zero-order chi connectivity index (χ0) is 23.8. The summed E-state index contributed by atoms with van der Waals surface area (Å²) in [5, 5.41) is 2.78. The number of thiocarbonyl (C=S) groups is 1. The fourth-order valence-corrected chi connectivity index (χ4v) is 4.38. The van der Waals surface area contributed by atoms with Crippen LogP contribution in [0.5, 0.6) is 5.75 Å². The van der Waals surface area contributed by atoms with Crippen LogP contribution in [0.15, 0.2) is 53.4 Å². The van der Waals surface area contributed by atoms with E-state index in [9.17, 15) is 14.4 Å². The molecule has 0 bridgehead atoms. The van der Waals surface area contributed by atoms with Gasteiger partial charge >= 0.3 is 5.97 Å². The number of carbonyl (C=O) groups is 3. The Balaban J connectivity index is 1.49. The first-order valence-electron chi connectivity index (χ1n) is 10.4. The number of carbonyl (C=O) groups excluding carboxylic acids is 3. The standard InChI is InChI=1S/C24H24N2O5S2/c1-3-31-23(29)17-8-10-18(11-9-17)25-21(27)5-4-14-26-22(28)20(33-24(26)32)15-16-6-12-19(30-2)13-7-16/h6-13,15H,3-5,14H2,1-2H3,(H,25,27)/b20-15-. The Morgan fingerprint density at radius 1 is 1.12 bits per heavy atom.